The predicted octanol–water partition coefficient (Wildman–Crippen LogP) is 4.02. The maximum absolute atomic E-state index is 11.0. The van der Waals surface area contributed by atoms with Crippen LogP contribution in [-0.2, 0) is 0 Å². The van der Waals surface area contributed by atoms with Crippen LogP contribution in [0.25, 0.3) is 0 Å². The molecule has 0 radical (unpaired) electrons. The van der Waals surface area contributed by atoms with Crippen LogP contribution in [0.1, 0.15) is 6.92 Å². The lowest BCUT2D eigenvalue weighted by Gasteiger charge is -2.08. The highest BCUT2D eigenvalue weighted by Crippen LogP contribution is 2.35. The second-order valence-electron chi connectivity index (χ2n) is 3.85. The van der Waals surface area contributed by atoms with Gasteiger partial charge in [-0.15, -0.1) is 0 Å². The first-order valence-electron chi connectivity index (χ1n) is 5.89. The number of benzene rings is 1. The van der Waals surface area contributed by atoms with Crippen molar-refractivity contribution in [1.82, 2.24) is 9.97 Å². The van der Waals surface area contributed by atoms with Crippen LogP contribution in [0.4, 0.5) is 11.6 Å². The van der Waals surface area contributed by atoms with Gasteiger partial charge in [-0.2, -0.15) is 4.98 Å². The minimum atomic E-state index is -0.614. The highest BCUT2D eigenvalue weighted by atomic mass is 79.9. The molecule has 9 heteroatoms. The Bertz CT molecular complexity index is 684. The van der Waals surface area contributed by atoms with Crippen LogP contribution in [0.15, 0.2) is 28.9 Å². The smallest absolute Gasteiger partial charge is 0.349 e. The second-order valence-corrected chi connectivity index (χ2v) is 5.17. The minimum absolute atomic E-state index is 0.175. The van der Waals surface area contributed by atoms with E-state index in [9.17, 15) is 10.1 Å². The van der Waals surface area contributed by atoms with Crippen LogP contribution in [0.2, 0.25) is 5.02 Å². The number of rotatable bonds is 5. The average Bonchev–Trinajstić information content (AvgIpc) is 2.43. The standard InChI is InChI=1S/C12H10BrClN4O3/c1-2-15-12-16-6-9(18(19)20)11(17-12)21-10-5-7(13)3-4-8(10)14/h3-6H,2H2,1H3,(H,15,16,17). The number of nitro groups is 1. The Hall–Kier alpha value is -1.93. The number of anilines is 1. The Morgan fingerprint density at radius 1 is 1.52 bits per heavy atom. The summed E-state index contributed by atoms with van der Waals surface area (Å²) < 4.78 is 6.20. The summed E-state index contributed by atoms with van der Waals surface area (Å²) in [6, 6.07) is 4.94. The zero-order valence-corrected chi connectivity index (χ0v) is 13.2. The summed E-state index contributed by atoms with van der Waals surface area (Å²) in [6.45, 7) is 2.44. The van der Waals surface area contributed by atoms with E-state index in [1.165, 1.54) is 0 Å². The molecule has 0 aliphatic heterocycles. The molecule has 2 rings (SSSR count). The van der Waals surface area contributed by atoms with E-state index in [0.717, 1.165) is 10.7 Å². The summed E-state index contributed by atoms with van der Waals surface area (Å²) in [5.74, 6) is 0.324. The van der Waals surface area contributed by atoms with E-state index in [2.05, 4.69) is 31.2 Å². The van der Waals surface area contributed by atoms with E-state index in [0.29, 0.717) is 11.6 Å². The normalized spacial score (nSPS) is 10.2. The first-order valence-corrected chi connectivity index (χ1v) is 7.06. The molecule has 7 nitrogen and oxygen atoms in total. The van der Waals surface area contributed by atoms with Gasteiger partial charge < -0.3 is 10.1 Å². The van der Waals surface area contributed by atoms with Gasteiger partial charge in [-0.3, -0.25) is 10.1 Å². The Kier molecular flexibility index (Phi) is 4.92. The van der Waals surface area contributed by atoms with Crippen LogP contribution in [0, 0.1) is 10.1 Å². The molecule has 0 spiro atoms. The topological polar surface area (TPSA) is 90.2 Å². The molecule has 1 aromatic heterocycles. The van der Waals surface area contributed by atoms with Gasteiger partial charge >= 0.3 is 11.6 Å². The molecule has 0 aliphatic rings. The summed E-state index contributed by atoms with van der Waals surface area (Å²) >= 11 is 9.28. The van der Waals surface area contributed by atoms with Crippen LogP contribution in [0.5, 0.6) is 11.6 Å². The van der Waals surface area contributed by atoms with Gasteiger partial charge in [0, 0.05) is 11.0 Å². The number of hydrogen-bond acceptors (Lipinski definition) is 6. The molecule has 1 aromatic carbocycles. The first-order chi connectivity index (χ1) is 10.0. The number of nitrogens with one attached hydrogen (secondary N) is 1. The van der Waals surface area contributed by atoms with Crippen molar-refractivity contribution in [2.24, 2.45) is 0 Å². The fourth-order valence-corrected chi connectivity index (χ4v) is 1.96. The SMILES string of the molecule is CCNc1ncc([N+](=O)[O-])c(Oc2cc(Br)ccc2Cl)n1. The largest absolute Gasteiger partial charge is 0.432 e. The summed E-state index contributed by atoms with van der Waals surface area (Å²) in [4.78, 5) is 18.2. The van der Waals surface area contributed by atoms with Crippen LogP contribution in [0.3, 0.4) is 0 Å². The lowest BCUT2D eigenvalue weighted by Crippen LogP contribution is -2.05. The zero-order chi connectivity index (χ0) is 15.4. The average molecular weight is 374 g/mol. The van der Waals surface area contributed by atoms with Crippen LogP contribution in [-0.4, -0.2) is 21.4 Å². The van der Waals surface area contributed by atoms with Crippen molar-refractivity contribution in [2.45, 2.75) is 6.92 Å². The van der Waals surface area contributed by atoms with Crippen LogP contribution >= 0.6 is 27.5 Å². The minimum Gasteiger partial charge on any atom is -0.432 e. The fraction of sp³-hybridized carbons (Fsp3) is 0.167. The number of nitrogens with zero attached hydrogens (tertiary/aromatic N) is 3. The lowest BCUT2D eigenvalue weighted by atomic mass is 10.3. The molecule has 0 unspecified atom stereocenters. The highest BCUT2D eigenvalue weighted by molar-refractivity contribution is 9.10. The maximum Gasteiger partial charge on any atom is 0.349 e. The maximum atomic E-state index is 11.0. The van der Waals surface area contributed by atoms with Gasteiger partial charge in [0.2, 0.25) is 5.95 Å². The van der Waals surface area contributed by atoms with E-state index in [-0.39, 0.29) is 23.3 Å². The Labute approximate surface area is 133 Å². The molecule has 2 aromatic rings. The summed E-state index contributed by atoms with van der Waals surface area (Å²) in [5.41, 5.74) is -0.340. The van der Waals surface area contributed by atoms with Crippen molar-refractivity contribution in [3.05, 3.63) is 44.0 Å². The lowest BCUT2D eigenvalue weighted by molar-refractivity contribution is -0.386. The molecule has 110 valence electrons. The first kappa shape index (κ1) is 15.5. The van der Waals surface area contributed by atoms with Crippen molar-refractivity contribution in [3.8, 4) is 11.6 Å². The molecule has 0 saturated heterocycles. The van der Waals surface area contributed by atoms with Crippen molar-refractivity contribution >= 4 is 39.2 Å². The van der Waals surface area contributed by atoms with Gasteiger partial charge in [0.05, 0.1) is 9.95 Å². The number of aromatic nitrogens is 2. The van der Waals surface area contributed by atoms with Gasteiger partial charge in [-0.05, 0) is 25.1 Å². The fourth-order valence-electron chi connectivity index (χ4n) is 1.46. The Morgan fingerprint density at radius 2 is 2.29 bits per heavy atom. The van der Waals surface area contributed by atoms with E-state index in [4.69, 9.17) is 16.3 Å². The quantitative estimate of drug-likeness (QED) is 0.628. The molecule has 0 atom stereocenters. The summed E-state index contributed by atoms with van der Waals surface area (Å²) in [5, 5.41) is 14.2. The van der Waals surface area contributed by atoms with Crippen LogP contribution < -0.4 is 10.1 Å². The van der Waals surface area contributed by atoms with E-state index in [1.807, 2.05) is 6.92 Å². The highest BCUT2D eigenvalue weighted by Gasteiger charge is 2.20. The van der Waals surface area contributed by atoms with E-state index < -0.39 is 4.92 Å². The predicted molar refractivity (Wildman–Crippen MR) is 82.1 cm³/mol. The molecule has 1 heterocycles. The van der Waals surface area contributed by atoms with Gasteiger partial charge in [-0.25, -0.2) is 4.98 Å². The van der Waals surface area contributed by atoms with Gasteiger partial charge in [0.1, 0.15) is 11.9 Å². The number of ether oxygens (including phenoxy) is 1. The zero-order valence-electron chi connectivity index (χ0n) is 10.8. The molecular formula is C12H10BrClN4O3. The molecule has 0 bridgehead atoms. The molecule has 1 N–H and O–H groups in total. The number of hydrogen-bond donors (Lipinski definition) is 1. The third kappa shape index (κ3) is 3.79. The Morgan fingerprint density at radius 3 is 2.95 bits per heavy atom. The van der Waals surface area contributed by atoms with Crippen molar-refractivity contribution in [2.75, 3.05) is 11.9 Å². The molecule has 0 aliphatic carbocycles. The van der Waals surface area contributed by atoms with Gasteiger partial charge in [0.25, 0.3) is 0 Å². The van der Waals surface area contributed by atoms with Crippen molar-refractivity contribution in [3.63, 3.8) is 0 Å². The molecule has 0 amide bonds. The second kappa shape index (κ2) is 6.68. The third-order valence-corrected chi connectivity index (χ3v) is 3.17. The van der Waals surface area contributed by atoms with Crippen molar-refractivity contribution < 1.29 is 9.66 Å². The van der Waals surface area contributed by atoms with Crippen molar-refractivity contribution in [1.29, 1.82) is 0 Å². The molecule has 21 heavy (non-hydrogen) atoms. The Balaban J connectivity index is 2.43. The summed E-state index contributed by atoms with van der Waals surface area (Å²) in [7, 11) is 0. The molecule has 0 saturated carbocycles. The third-order valence-electron chi connectivity index (χ3n) is 2.37. The number of halogens is 2. The van der Waals surface area contributed by atoms with E-state index in [1.54, 1.807) is 18.2 Å². The van der Waals surface area contributed by atoms with Gasteiger partial charge in [-0.1, -0.05) is 27.5 Å². The monoisotopic (exact) mass is 372 g/mol. The van der Waals surface area contributed by atoms with E-state index >= 15 is 0 Å². The van der Waals surface area contributed by atoms with Gasteiger partial charge in [0.15, 0.2) is 0 Å². The molecular weight excluding hydrogens is 364 g/mol. The molecule has 0 fully saturated rings. The summed E-state index contributed by atoms with van der Waals surface area (Å²) in [6.07, 6.45) is 1.09.